The Morgan fingerprint density at radius 2 is 2.11 bits per heavy atom. The molecule has 148 valence electrons. The van der Waals surface area contributed by atoms with Crippen molar-refractivity contribution in [2.45, 2.75) is 57.3 Å². The van der Waals surface area contributed by atoms with Gasteiger partial charge in [-0.15, -0.1) is 0 Å². The summed E-state index contributed by atoms with van der Waals surface area (Å²) in [6.07, 6.45) is 4.52. The lowest BCUT2D eigenvalue weighted by Gasteiger charge is -2.29. The third kappa shape index (κ3) is 3.02. The van der Waals surface area contributed by atoms with Crippen LogP contribution >= 0.6 is 0 Å². The van der Waals surface area contributed by atoms with Crippen LogP contribution in [0.15, 0.2) is 18.2 Å². The van der Waals surface area contributed by atoms with Crippen molar-refractivity contribution < 1.29 is 14.4 Å². The monoisotopic (exact) mass is 382 g/mol. The molecule has 2 bridgehead atoms. The Bertz CT molecular complexity index is 844. The fraction of sp³-hybridized carbons (Fsp3) is 0.571. The van der Waals surface area contributed by atoms with Gasteiger partial charge in [-0.05, 0) is 48.3 Å². The lowest BCUT2D eigenvalue weighted by atomic mass is 9.87. The maximum absolute atomic E-state index is 12.9. The zero-order chi connectivity index (χ0) is 19.3. The van der Waals surface area contributed by atoms with E-state index in [1.165, 1.54) is 19.3 Å². The average Bonchev–Trinajstić information content (AvgIpc) is 3.36. The van der Waals surface area contributed by atoms with E-state index in [2.05, 4.69) is 22.0 Å². The zero-order valence-corrected chi connectivity index (χ0v) is 15.9. The molecule has 3 aliphatic heterocycles. The summed E-state index contributed by atoms with van der Waals surface area (Å²) in [5, 5.41) is 9.52. The average molecular weight is 382 g/mol. The van der Waals surface area contributed by atoms with E-state index in [4.69, 9.17) is 0 Å². The molecule has 5 rings (SSSR count). The maximum Gasteiger partial charge on any atom is 0.255 e. The molecule has 0 radical (unpaired) electrons. The van der Waals surface area contributed by atoms with E-state index in [0.29, 0.717) is 30.0 Å². The molecular formula is C21H26N4O3. The molecule has 4 aliphatic rings. The predicted octanol–water partition coefficient (Wildman–Crippen LogP) is 0.679. The van der Waals surface area contributed by atoms with Gasteiger partial charge in [-0.3, -0.25) is 19.7 Å². The van der Waals surface area contributed by atoms with E-state index < -0.39 is 6.04 Å². The summed E-state index contributed by atoms with van der Waals surface area (Å²) < 4.78 is 0. The van der Waals surface area contributed by atoms with Crippen molar-refractivity contribution in [3.8, 4) is 0 Å². The number of nitrogens with zero attached hydrogens (tertiary/aromatic N) is 1. The quantitative estimate of drug-likeness (QED) is 0.652. The summed E-state index contributed by atoms with van der Waals surface area (Å²) in [6, 6.07) is 6.17. The highest BCUT2D eigenvalue weighted by Gasteiger charge is 2.44. The van der Waals surface area contributed by atoms with Gasteiger partial charge in [0.1, 0.15) is 6.04 Å². The number of nitrogens with one attached hydrogen (secondary N) is 3. The Balaban J connectivity index is 1.23. The van der Waals surface area contributed by atoms with Crippen LogP contribution in [0.25, 0.3) is 0 Å². The third-order valence-corrected chi connectivity index (χ3v) is 6.89. The molecule has 3 heterocycles. The van der Waals surface area contributed by atoms with Crippen molar-refractivity contribution in [3.05, 3.63) is 34.9 Å². The van der Waals surface area contributed by atoms with E-state index >= 15 is 0 Å². The van der Waals surface area contributed by atoms with E-state index in [0.717, 1.165) is 30.8 Å². The number of hydrogen-bond donors (Lipinski definition) is 3. The first kappa shape index (κ1) is 17.8. The summed E-state index contributed by atoms with van der Waals surface area (Å²) in [6.45, 7) is 3.29. The summed E-state index contributed by atoms with van der Waals surface area (Å²) in [4.78, 5) is 38.0. The number of carbonyl (C=O) groups is 3. The van der Waals surface area contributed by atoms with E-state index in [9.17, 15) is 14.4 Å². The Morgan fingerprint density at radius 3 is 2.82 bits per heavy atom. The molecule has 3 atom stereocenters. The molecule has 0 spiro atoms. The molecule has 28 heavy (non-hydrogen) atoms. The standard InChI is InChI=1S/C21H26N4O3/c26-18-4-3-17(19(27)24-18)25-10-14-2-1-13(7-16(14)20(25)28)9-22-11-21-6-5-15(8-21)23-12-21/h1-2,7,15,17,22-23H,3-6,8-12H2,(H,24,26,27). The summed E-state index contributed by atoms with van der Waals surface area (Å²) in [5.74, 6) is -0.730. The van der Waals surface area contributed by atoms with Gasteiger partial charge in [-0.2, -0.15) is 0 Å². The number of fused-ring (bicyclic) bond motifs is 3. The van der Waals surface area contributed by atoms with Crippen molar-refractivity contribution in [1.29, 1.82) is 0 Å². The van der Waals surface area contributed by atoms with Crippen LogP contribution in [-0.2, 0) is 22.7 Å². The number of hydrogen-bond acceptors (Lipinski definition) is 5. The molecule has 1 saturated carbocycles. The minimum Gasteiger partial charge on any atom is -0.322 e. The number of rotatable bonds is 5. The van der Waals surface area contributed by atoms with Gasteiger partial charge in [-0.1, -0.05) is 12.1 Å². The van der Waals surface area contributed by atoms with Crippen LogP contribution in [0.2, 0.25) is 0 Å². The first-order valence-corrected chi connectivity index (χ1v) is 10.2. The van der Waals surface area contributed by atoms with Crippen LogP contribution < -0.4 is 16.0 Å². The summed E-state index contributed by atoms with van der Waals surface area (Å²) in [5.41, 5.74) is 3.13. The van der Waals surface area contributed by atoms with Crippen LogP contribution in [0.5, 0.6) is 0 Å². The Labute approximate surface area is 164 Å². The molecule has 3 fully saturated rings. The van der Waals surface area contributed by atoms with Gasteiger partial charge in [0.15, 0.2) is 0 Å². The molecule has 1 aromatic carbocycles. The third-order valence-electron chi connectivity index (χ3n) is 6.89. The second-order valence-electron chi connectivity index (χ2n) is 8.82. The van der Waals surface area contributed by atoms with E-state index in [-0.39, 0.29) is 24.1 Å². The summed E-state index contributed by atoms with van der Waals surface area (Å²) in [7, 11) is 0. The second kappa shape index (κ2) is 6.67. The van der Waals surface area contributed by atoms with Gasteiger partial charge in [0.05, 0.1) is 0 Å². The smallest absolute Gasteiger partial charge is 0.255 e. The highest BCUT2D eigenvalue weighted by atomic mass is 16.2. The minimum absolute atomic E-state index is 0.108. The van der Waals surface area contributed by atoms with Crippen LogP contribution in [0.3, 0.4) is 0 Å². The van der Waals surface area contributed by atoms with Gasteiger partial charge in [0.25, 0.3) is 5.91 Å². The molecule has 7 nitrogen and oxygen atoms in total. The highest BCUT2D eigenvalue weighted by Crippen LogP contribution is 2.42. The van der Waals surface area contributed by atoms with Crippen LogP contribution in [-0.4, -0.2) is 47.8 Å². The van der Waals surface area contributed by atoms with Gasteiger partial charge < -0.3 is 15.5 Å². The Kier molecular flexibility index (Phi) is 4.25. The largest absolute Gasteiger partial charge is 0.322 e. The predicted molar refractivity (Wildman–Crippen MR) is 102 cm³/mol. The van der Waals surface area contributed by atoms with Gasteiger partial charge in [-0.25, -0.2) is 0 Å². The fourth-order valence-corrected chi connectivity index (χ4v) is 5.31. The molecular weight excluding hydrogens is 356 g/mol. The van der Waals surface area contributed by atoms with Crippen molar-refractivity contribution in [1.82, 2.24) is 20.9 Å². The van der Waals surface area contributed by atoms with Crippen molar-refractivity contribution in [3.63, 3.8) is 0 Å². The minimum atomic E-state index is -0.552. The highest BCUT2D eigenvalue weighted by molar-refractivity contribution is 6.05. The molecule has 3 N–H and O–H groups in total. The number of piperidine rings is 2. The maximum atomic E-state index is 12.9. The molecule has 0 aromatic heterocycles. The van der Waals surface area contributed by atoms with E-state index in [1.807, 2.05) is 12.1 Å². The number of carbonyl (C=O) groups excluding carboxylic acids is 3. The Morgan fingerprint density at radius 1 is 1.21 bits per heavy atom. The summed E-state index contributed by atoms with van der Waals surface area (Å²) >= 11 is 0. The fourth-order valence-electron chi connectivity index (χ4n) is 5.31. The van der Waals surface area contributed by atoms with Crippen LogP contribution in [0.1, 0.15) is 53.6 Å². The lowest BCUT2D eigenvalue weighted by Crippen LogP contribution is -2.52. The first-order chi connectivity index (χ1) is 13.5. The van der Waals surface area contributed by atoms with E-state index in [1.54, 1.807) is 4.90 Å². The van der Waals surface area contributed by atoms with Crippen molar-refractivity contribution in [2.24, 2.45) is 5.41 Å². The SMILES string of the molecule is O=C1CCC(N2Cc3ccc(CNCC45CCC(C4)NC5)cc3C2=O)C(=O)N1. The Hall–Kier alpha value is -2.25. The molecule has 2 saturated heterocycles. The lowest BCUT2D eigenvalue weighted by molar-refractivity contribution is -0.136. The molecule has 7 heteroatoms. The van der Waals surface area contributed by atoms with Crippen LogP contribution in [0, 0.1) is 5.41 Å². The zero-order valence-electron chi connectivity index (χ0n) is 15.9. The topological polar surface area (TPSA) is 90.5 Å². The normalized spacial score (nSPS) is 31.4. The van der Waals surface area contributed by atoms with Crippen molar-refractivity contribution >= 4 is 17.7 Å². The van der Waals surface area contributed by atoms with Gasteiger partial charge in [0, 0.05) is 44.2 Å². The van der Waals surface area contributed by atoms with Gasteiger partial charge >= 0.3 is 0 Å². The molecule has 1 aliphatic carbocycles. The number of imide groups is 1. The van der Waals surface area contributed by atoms with Crippen molar-refractivity contribution in [2.75, 3.05) is 13.1 Å². The number of benzene rings is 1. The molecule has 3 unspecified atom stereocenters. The molecule has 3 amide bonds. The van der Waals surface area contributed by atoms with Gasteiger partial charge in [0.2, 0.25) is 11.8 Å². The van der Waals surface area contributed by atoms with Crippen LogP contribution in [0.4, 0.5) is 0 Å². The second-order valence-corrected chi connectivity index (χ2v) is 8.82. The first-order valence-electron chi connectivity index (χ1n) is 10.2. The molecule has 1 aromatic rings. The number of amides is 3.